The van der Waals surface area contributed by atoms with Gasteiger partial charge in [-0.2, -0.15) is 13.2 Å². The van der Waals surface area contributed by atoms with Gasteiger partial charge in [-0.05, 0) is 30.3 Å². The van der Waals surface area contributed by atoms with Crippen LogP contribution in [0.4, 0.5) is 17.6 Å². The number of ketones is 1. The molecule has 0 unspecified atom stereocenters. The fraction of sp³-hybridized carbons (Fsp3) is 0.0769. The van der Waals surface area contributed by atoms with Gasteiger partial charge >= 0.3 is 6.18 Å². The van der Waals surface area contributed by atoms with E-state index >= 15 is 0 Å². The molecule has 2 aromatic rings. The second kappa shape index (κ2) is 5.73. The molecule has 0 radical (unpaired) electrons. The molecule has 0 amide bonds. The molecule has 21 heavy (non-hydrogen) atoms. The van der Waals surface area contributed by atoms with E-state index < -0.39 is 28.6 Å². The van der Waals surface area contributed by atoms with Gasteiger partial charge < -0.3 is 0 Å². The normalized spacial score (nSPS) is 11.5. The molecule has 0 saturated heterocycles. The van der Waals surface area contributed by atoms with Gasteiger partial charge in [0.1, 0.15) is 16.7 Å². The van der Waals surface area contributed by atoms with Crippen molar-refractivity contribution < 1.29 is 22.4 Å². The predicted molar refractivity (Wildman–Crippen MR) is 71.8 cm³/mol. The zero-order valence-electron chi connectivity index (χ0n) is 10.0. The fourth-order valence-corrected chi connectivity index (χ4v) is 2.24. The maximum atomic E-state index is 13.2. The summed E-state index contributed by atoms with van der Waals surface area (Å²) in [6, 6.07) is 4.96. The van der Waals surface area contributed by atoms with Crippen LogP contribution in [0.3, 0.4) is 0 Å². The molecule has 2 nitrogen and oxygen atoms in total. The monoisotopic (exact) mass is 381 g/mol. The van der Waals surface area contributed by atoms with Crippen molar-refractivity contribution in [2.24, 2.45) is 0 Å². The Morgan fingerprint density at radius 2 is 1.81 bits per heavy atom. The lowest BCUT2D eigenvalue weighted by Gasteiger charge is -2.09. The molecular formula is C13H5BrClF4NO. The lowest BCUT2D eigenvalue weighted by atomic mass is 10.0. The van der Waals surface area contributed by atoms with Crippen LogP contribution in [0, 0.1) is 5.82 Å². The molecule has 0 aliphatic heterocycles. The number of rotatable bonds is 2. The van der Waals surface area contributed by atoms with Gasteiger partial charge in [0, 0.05) is 10.0 Å². The molecule has 1 heterocycles. The Hall–Kier alpha value is -1.47. The molecule has 0 fully saturated rings. The predicted octanol–water partition coefficient (Wildman–Crippen LogP) is 4.89. The molecule has 0 atom stereocenters. The van der Waals surface area contributed by atoms with E-state index in [1.807, 2.05) is 0 Å². The second-order valence-corrected chi connectivity index (χ2v) is 5.20. The van der Waals surface area contributed by atoms with Crippen LogP contribution < -0.4 is 0 Å². The van der Waals surface area contributed by atoms with Crippen LogP contribution in [0.5, 0.6) is 0 Å². The summed E-state index contributed by atoms with van der Waals surface area (Å²) in [5.41, 5.74) is -1.50. The third-order valence-corrected chi connectivity index (χ3v) is 3.54. The first kappa shape index (κ1) is 15.9. The van der Waals surface area contributed by atoms with Gasteiger partial charge in [-0.3, -0.25) is 4.79 Å². The number of carbonyl (C=O) groups excluding carboxylic acids is 1. The molecule has 0 spiro atoms. The maximum Gasteiger partial charge on any atom is 0.433 e. The van der Waals surface area contributed by atoms with Gasteiger partial charge in [-0.15, -0.1) is 0 Å². The molecule has 0 bridgehead atoms. The topological polar surface area (TPSA) is 30.0 Å². The smallest absolute Gasteiger partial charge is 0.288 e. The van der Waals surface area contributed by atoms with Crippen molar-refractivity contribution in [2.75, 3.05) is 0 Å². The van der Waals surface area contributed by atoms with Crippen LogP contribution in [0.15, 0.2) is 34.8 Å². The number of aromatic nitrogens is 1. The van der Waals surface area contributed by atoms with Crippen molar-refractivity contribution >= 4 is 33.3 Å². The lowest BCUT2D eigenvalue weighted by molar-refractivity contribution is -0.141. The Kier molecular flexibility index (Phi) is 4.34. The molecule has 110 valence electrons. The Labute approximate surface area is 129 Å². The van der Waals surface area contributed by atoms with Crippen LogP contribution in [0.2, 0.25) is 5.15 Å². The number of halogens is 6. The summed E-state index contributed by atoms with van der Waals surface area (Å²) in [6.07, 6.45) is -4.66. The number of nitrogens with zero attached hydrogens (tertiary/aromatic N) is 1. The van der Waals surface area contributed by atoms with Crippen LogP contribution in [-0.2, 0) is 6.18 Å². The summed E-state index contributed by atoms with van der Waals surface area (Å²) in [6.45, 7) is 0. The zero-order valence-corrected chi connectivity index (χ0v) is 12.4. The molecule has 0 N–H and O–H groups in total. The third kappa shape index (κ3) is 3.41. The van der Waals surface area contributed by atoms with E-state index in [9.17, 15) is 22.4 Å². The quantitative estimate of drug-likeness (QED) is 0.421. The maximum absolute atomic E-state index is 13.2. The molecule has 0 aliphatic rings. The highest BCUT2D eigenvalue weighted by atomic mass is 79.9. The first-order valence-electron chi connectivity index (χ1n) is 5.43. The average Bonchev–Trinajstić information content (AvgIpc) is 2.39. The third-order valence-electron chi connectivity index (χ3n) is 2.56. The summed E-state index contributed by atoms with van der Waals surface area (Å²) in [4.78, 5) is 15.4. The summed E-state index contributed by atoms with van der Waals surface area (Å²) >= 11 is 8.70. The number of pyridine rings is 1. The van der Waals surface area contributed by atoms with E-state index in [1.54, 1.807) is 0 Å². The minimum Gasteiger partial charge on any atom is -0.288 e. The van der Waals surface area contributed by atoms with Crippen molar-refractivity contribution in [1.82, 2.24) is 4.98 Å². The molecular weight excluding hydrogens is 377 g/mol. The van der Waals surface area contributed by atoms with E-state index in [0.29, 0.717) is 10.5 Å². The number of hydrogen-bond acceptors (Lipinski definition) is 2. The Bertz CT molecular complexity index is 718. The van der Waals surface area contributed by atoms with E-state index in [0.717, 1.165) is 18.2 Å². The Morgan fingerprint density at radius 3 is 2.38 bits per heavy atom. The highest BCUT2D eigenvalue weighted by molar-refractivity contribution is 9.10. The van der Waals surface area contributed by atoms with Crippen LogP contribution in [-0.4, -0.2) is 10.8 Å². The molecule has 0 saturated carbocycles. The van der Waals surface area contributed by atoms with Crippen molar-refractivity contribution in [3.63, 3.8) is 0 Å². The second-order valence-electron chi connectivity index (χ2n) is 3.99. The standard InChI is InChI=1S/C13H5BrClF4NO/c14-9-3-1-6(16)5-8(9)11(21)7-2-4-10(13(17,18)19)20-12(7)15/h1-5H. The van der Waals surface area contributed by atoms with Crippen molar-refractivity contribution in [1.29, 1.82) is 0 Å². The molecule has 0 aliphatic carbocycles. The molecule has 1 aromatic heterocycles. The van der Waals surface area contributed by atoms with Gasteiger partial charge in [0.2, 0.25) is 0 Å². The van der Waals surface area contributed by atoms with Crippen molar-refractivity contribution in [3.8, 4) is 0 Å². The minimum absolute atomic E-state index is 0.0570. The molecule has 8 heteroatoms. The zero-order chi connectivity index (χ0) is 15.8. The summed E-state index contributed by atoms with van der Waals surface area (Å²) in [5, 5.41) is -0.592. The van der Waals surface area contributed by atoms with E-state index in [2.05, 4.69) is 20.9 Å². The fourth-order valence-electron chi connectivity index (χ4n) is 1.58. The van der Waals surface area contributed by atoms with Gasteiger partial charge in [-0.1, -0.05) is 27.5 Å². The van der Waals surface area contributed by atoms with Crippen LogP contribution in [0.1, 0.15) is 21.6 Å². The van der Waals surface area contributed by atoms with Crippen LogP contribution >= 0.6 is 27.5 Å². The first-order chi connectivity index (χ1) is 9.70. The number of benzene rings is 1. The van der Waals surface area contributed by atoms with E-state index in [4.69, 9.17) is 11.6 Å². The summed E-state index contributed by atoms with van der Waals surface area (Å²) in [5.74, 6) is -1.38. The van der Waals surface area contributed by atoms with E-state index in [-0.39, 0.29) is 11.1 Å². The Balaban J connectivity index is 2.47. The molecule has 1 aromatic carbocycles. The van der Waals surface area contributed by atoms with Gasteiger partial charge in [0.25, 0.3) is 0 Å². The van der Waals surface area contributed by atoms with Crippen molar-refractivity contribution in [3.05, 3.63) is 62.6 Å². The van der Waals surface area contributed by atoms with Gasteiger partial charge in [0.15, 0.2) is 5.78 Å². The minimum atomic E-state index is -4.66. The highest BCUT2D eigenvalue weighted by Gasteiger charge is 2.33. The first-order valence-corrected chi connectivity index (χ1v) is 6.60. The number of carbonyl (C=O) groups is 1. The molecule has 2 rings (SSSR count). The Morgan fingerprint density at radius 1 is 1.14 bits per heavy atom. The van der Waals surface area contributed by atoms with Crippen LogP contribution in [0.25, 0.3) is 0 Å². The average molecular weight is 383 g/mol. The summed E-state index contributed by atoms with van der Waals surface area (Å²) < 4.78 is 50.9. The highest BCUT2D eigenvalue weighted by Crippen LogP contribution is 2.30. The number of alkyl halides is 3. The van der Waals surface area contributed by atoms with E-state index in [1.165, 1.54) is 6.07 Å². The summed E-state index contributed by atoms with van der Waals surface area (Å²) in [7, 11) is 0. The van der Waals surface area contributed by atoms with Crippen molar-refractivity contribution in [2.45, 2.75) is 6.18 Å². The van der Waals surface area contributed by atoms with Gasteiger partial charge in [0.05, 0.1) is 5.56 Å². The lowest BCUT2D eigenvalue weighted by Crippen LogP contribution is -2.11. The SMILES string of the molecule is O=C(c1cc(F)ccc1Br)c1ccc(C(F)(F)F)nc1Cl. The largest absolute Gasteiger partial charge is 0.433 e. The number of hydrogen-bond donors (Lipinski definition) is 0. The van der Waals surface area contributed by atoms with Gasteiger partial charge in [-0.25, -0.2) is 9.37 Å².